The van der Waals surface area contributed by atoms with Crippen LogP contribution in [0, 0.1) is 0 Å². The molecule has 54 valence electrons. The Hall–Kier alpha value is -1.25. The predicted octanol–water partition coefficient (Wildman–Crippen LogP) is -0.560. The van der Waals surface area contributed by atoms with Crippen molar-refractivity contribution in [1.82, 2.24) is 0 Å². The molecule has 0 fully saturated rings. The first-order valence-electron chi connectivity index (χ1n) is 3.66. The average molecular weight is 145 g/mol. The fraction of sp³-hybridized carbons (Fsp3) is 0.125. The van der Waals surface area contributed by atoms with E-state index in [1.807, 2.05) is 26.0 Å². The Balaban J connectivity index is 2.57. The van der Waals surface area contributed by atoms with Crippen molar-refractivity contribution in [2.45, 2.75) is 6.42 Å². The number of anilines is 1. The first kappa shape index (κ1) is 6.46. The highest BCUT2D eigenvalue weighted by molar-refractivity contribution is 6.34. The molecule has 1 N–H and O–H groups in total. The molecule has 0 saturated heterocycles. The highest BCUT2D eigenvalue weighted by Crippen LogP contribution is 2.19. The van der Waals surface area contributed by atoms with Gasteiger partial charge in [-0.2, -0.15) is 0 Å². The molecule has 2 rings (SSSR count). The van der Waals surface area contributed by atoms with E-state index in [-0.39, 0.29) is 5.91 Å². The van der Waals surface area contributed by atoms with Crippen LogP contribution in [-0.2, 0) is 11.2 Å². The highest BCUT2D eigenvalue weighted by Gasteiger charge is 2.17. The standard InChI is InChI=1S/C8H8BNO/c9-6-2-1-3-7-5(6)4-8(11)10-7/h1-3H,4,9H2,(H,10,11). The summed E-state index contributed by atoms with van der Waals surface area (Å²) >= 11 is 0. The van der Waals surface area contributed by atoms with Crippen LogP contribution in [0.5, 0.6) is 0 Å². The maximum absolute atomic E-state index is 10.9. The molecule has 1 aromatic carbocycles. The van der Waals surface area contributed by atoms with Crippen molar-refractivity contribution in [1.29, 1.82) is 0 Å². The number of carbonyl (C=O) groups is 1. The lowest BCUT2D eigenvalue weighted by molar-refractivity contribution is -0.115. The molecule has 0 aromatic heterocycles. The molecule has 0 saturated carbocycles. The number of nitrogens with one attached hydrogen (secondary N) is 1. The zero-order chi connectivity index (χ0) is 7.84. The van der Waals surface area contributed by atoms with Gasteiger partial charge in [0.15, 0.2) is 0 Å². The van der Waals surface area contributed by atoms with Gasteiger partial charge in [-0.25, -0.2) is 0 Å². The van der Waals surface area contributed by atoms with Crippen molar-refractivity contribution in [2.24, 2.45) is 0 Å². The fourth-order valence-electron chi connectivity index (χ4n) is 1.41. The average Bonchev–Trinajstić information content (AvgIpc) is 2.31. The van der Waals surface area contributed by atoms with Crippen LogP contribution in [0.3, 0.4) is 0 Å². The van der Waals surface area contributed by atoms with Crippen molar-refractivity contribution in [3.63, 3.8) is 0 Å². The summed E-state index contributed by atoms with van der Waals surface area (Å²) < 4.78 is 0. The molecule has 1 aliphatic heterocycles. The Morgan fingerprint density at radius 1 is 1.45 bits per heavy atom. The van der Waals surface area contributed by atoms with Gasteiger partial charge in [0, 0.05) is 5.69 Å². The number of rotatable bonds is 0. The van der Waals surface area contributed by atoms with Gasteiger partial charge in [0.25, 0.3) is 0 Å². The van der Waals surface area contributed by atoms with E-state index in [1.165, 1.54) is 5.46 Å². The molecule has 0 radical (unpaired) electrons. The van der Waals surface area contributed by atoms with Gasteiger partial charge in [-0.15, -0.1) is 0 Å². The first-order chi connectivity index (χ1) is 5.27. The highest BCUT2D eigenvalue weighted by atomic mass is 16.1. The van der Waals surface area contributed by atoms with Crippen LogP contribution in [0.25, 0.3) is 0 Å². The summed E-state index contributed by atoms with van der Waals surface area (Å²) in [6, 6.07) is 5.92. The van der Waals surface area contributed by atoms with Crippen LogP contribution in [-0.4, -0.2) is 13.8 Å². The number of benzene rings is 1. The Kier molecular flexibility index (Phi) is 1.25. The molecule has 0 unspecified atom stereocenters. The largest absolute Gasteiger partial charge is 0.326 e. The molecule has 1 amide bonds. The van der Waals surface area contributed by atoms with Crippen molar-refractivity contribution in [2.75, 3.05) is 5.32 Å². The van der Waals surface area contributed by atoms with E-state index in [2.05, 4.69) is 5.32 Å². The number of amides is 1. The summed E-state index contributed by atoms with van der Waals surface area (Å²) in [5.74, 6) is 0.106. The monoisotopic (exact) mass is 145 g/mol. The summed E-state index contributed by atoms with van der Waals surface area (Å²) in [5, 5.41) is 2.80. The van der Waals surface area contributed by atoms with Crippen LogP contribution in [0.2, 0.25) is 0 Å². The Bertz CT molecular complexity index is 322. The molecule has 0 spiro atoms. The number of fused-ring (bicyclic) bond motifs is 1. The minimum atomic E-state index is 0.106. The van der Waals surface area contributed by atoms with Gasteiger partial charge in [0.2, 0.25) is 5.91 Å². The van der Waals surface area contributed by atoms with Crippen LogP contribution in [0.1, 0.15) is 5.56 Å². The lowest BCUT2D eigenvalue weighted by Crippen LogP contribution is -2.08. The van der Waals surface area contributed by atoms with Crippen molar-refractivity contribution >= 4 is 24.9 Å². The van der Waals surface area contributed by atoms with E-state index in [4.69, 9.17) is 0 Å². The normalized spacial score (nSPS) is 14.4. The van der Waals surface area contributed by atoms with Crippen molar-refractivity contribution in [3.05, 3.63) is 23.8 Å². The van der Waals surface area contributed by atoms with Crippen LogP contribution in [0.15, 0.2) is 18.2 Å². The summed E-state index contributed by atoms with van der Waals surface area (Å²) in [6.07, 6.45) is 0.544. The Morgan fingerprint density at radius 2 is 2.27 bits per heavy atom. The van der Waals surface area contributed by atoms with Gasteiger partial charge < -0.3 is 5.32 Å². The summed E-state index contributed by atoms with van der Waals surface area (Å²) in [7, 11) is 2.03. The molecule has 0 aliphatic carbocycles. The Morgan fingerprint density at radius 3 is 3.00 bits per heavy atom. The lowest BCUT2D eigenvalue weighted by Gasteiger charge is -1.99. The van der Waals surface area contributed by atoms with Crippen molar-refractivity contribution in [3.8, 4) is 0 Å². The van der Waals surface area contributed by atoms with Crippen molar-refractivity contribution < 1.29 is 4.79 Å². The molecule has 1 aliphatic rings. The van der Waals surface area contributed by atoms with E-state index in [0.717, 1.165) is 11.3 Å². The molecular formula is C8H8BNO. The van der Waals surface area contributed by atoms with Crippen LogP contribution < -0.4 is 10.8 Å². The third-order valence-corrected chi connectivity index (χ3v) is 2.02. The first-order valence-corrected chi connectivity index (χ1v) is 3.66. The minimum absolute atomic E-state index is 0.106. The summed E-state index contributed by atoms with van der Waals surface area (Å²) in [6.45, 7) is 0. The lowest BCUT2D eigenvalue weighted by atomic mass is 9.89. The van der Waals surface area contributed by atoms with Gasteiger partial charge in [0.05, 0.1) is 6.42 Å². The maximum Gasteiger partial charge on any atom is 0.228 e. The van der Waals surface area contributed by atoms with Crippen LogP contribution in [0.4, 0.5) is 5.69 Å². The molecule has 1 heterocycles. The van der Waals surface area contributed by atoms with E-state index in [1.54, 1.807) is 0 Å². The van der Waals surface area contributed by atoms with Gasteiger partial charge in [-0.1, -0.05) is 17.6 Å². The summed E-state index contributed by atoms with van der Waals surface area (Å²) in [4.78, 5) is 10.9. The number of hydrogen-bond acceptors (Lipinski definition) is 1. The Labute approximate surface area is 66.0 Å². The number of carbonyl (C=O) groups excluding carboxylic acids is 1. The minimum Gasteiger partial charge on any atom is -0.326 e. The second kappa shape index (κ2) is 2.12. The molecule has 0 bridgehead atoms. The second-order valence-electron chi connectivity index (χ2n) is 2.83. The zero-order valence-corrected chi connectivity index (χ0v) is 6.35. The van der Waals surface area contributed by atoms with Gasteiger partial charge in [-0.3, -0.25) is 4.79 Å². The fourth-order valence-corrected chi connectivity index (χ4v) is 1.41. The van der Waals surface area contributed by atoms with E-state index in [9.17, 15) is 4.79 Å². The smallest absolute Gasteiger partial charge is 0.228 e. The van der Waals surface area contributed by atoms with Gasteiger partial charge in [0.1, 0.15) is 7.85 Å². The maximum atomic E-state index is 10.9. The molecule has 2 nitrogen and oxygen atoms in total. The zero-order valence-electron chi connectivity index (χ0n) is 6.35. The molecule has 0 atom stereocenters. The SMILES string of the molecule is Bc1cccc2c1CC(=O)N2. The third-order valence-electron chi connectivity index (χ3n) is 2.02. The van der Waals surface area contributed by atoms with E-state index >= 15 is 0 Å². The molecule has 11 heavy (non-hydrogen) atoms. The quantitative estimate of drug-likeness (QED) is 0.487. The molecule has 3 heteroatoms. The number of hydrogen-bond donors (Lipinski definition) is 1. The van der Waals surface area contributed by atoms with Gasteiger partial charge in [-0.05, 0) is 11.6 Å². The van der Waals surface area contributed by atoms with Gasteiger partial charge >= 0.3 is 0 Å². The summed E-state index contributed by atoms with van der Waals surface area (Å²) in [5.41, 5.74) is 3.33. The molecular weight excluding hydrogens is 137 g/mol. The molecule has 1 aromatic rings. The predicted molar refractivity (Wildman–Crippen MR) is 47.0 cm³/mol. The van der Waals surface area contributed by atoms with E-state index < -0.39 is 0 Å². The third kappa shape index (κ3) is 0.927. The van der Waals surface area contributed by atoms with E-state index in [0.29, 0.717) is 6.42 Å². The van der Waals surface area contributed by atoms with Crippen LogP contribution >= 0.6 is 0 Å². The topological polar surface area (TPSA) is 29.1 Å². The second-order valence-corrected chi connectivity index (χ2v) is 2.83.